The van der Waals surface area contributed by atoms with Gasteiger partial charge in [0.1, 0.15) is 5.82 Å². The molecule has 25 heavy (non-hydrogen) atoms. The van der Waals surface area contributed by atoms with Gasteiger partial charge in [0.2, 0.25) is 0 Å². The number of halogens is 1. The van der Waals surface area contributed by atoms with E-state index in [0.29, 0.717) is 0 Å². The number of nitrogens with zero attached hydrogens (tertiary/aromatic N) is 1. The fourth-order valence-corrected chi connectivity index (χ4v) is 4.04. The van der Waals surface area contributed by atoms with E-state index in [1.54, 1.807) is 12.1 Å². The molecule has 0 atom stereocenters. The van der Waals surface area contributed by atoms with Crippen LogP contribution in [0.2, 0.25) is 0 Å². The van der Waals surface area contributed by atoms with Gasteiger partial charge in [-0.05, 0) is 48.6 Å². The molecular weight excluding hydrogens is 311 g/mol. The van der Waals surface area contributed by atoms with Crippen molar-refractivity contribution < 1.29 is 4.39 Å². The first kappa shape index (κ1) is 16.1. The summed E-state index contributed by atoms with van der Waals surface area (Å²) in [6, 6.07) is 17.4. The lowest BCUT2D eigenvalue weighted by atomic mass is 9.78. The third kappa shape index (κ3) is 2.50. The van der Waals surface area contributed by atoms with E-state index in [-0.39, 0.29) is 16.6 Å². The lowest BCUT2D eigenvalue weighted by Crippen LogP contribution is -2.21. The van der Waals surface area contributed by atoms with E-state index in [1.165, 1.54) is 22.4 Å². The van der Waals surface area contributed by atoms with Crippen molar-refractivity contribution in [3.05, 3.63) is 88.5 Å². The Kier molecular flexibility index (Phi) is 3.57. The molecule has 1 N–H and O–H groups in total. The summed E-state index contributed by atoms with van der Waals surface area (Å²) in [6.45, 7) is 6.59. The molecular formula is C22H23FN2. The Morgan fingerprint density at radius 3 is 2.24 bits per heavy atom. The van der Waals surface area contributed by atoms with Crippen LogP contribution in [0, 0.1) is 12.7 Å². The van der Waals surface area contributed by atoms with Gasteiger partial charge in [-0.1, -0.05) is 56.3 Å². The van der Waals surface area contributed by atoms with Crippen molar-refractivity contribution in [1.29, 1.82) is 0 Å². The lowest BCUT2D eigenvalue weighted by molar-refractivity contribution is 0.610. The Labute approximate surface area is 148 Å². The van der Waals surface area contributed by atoms with Gasteiger partial charge in [-0.2, -0.15) is 5.10 Å². The third-order valence-electron chi connectivity index (χ3n) is 5.72. The van der Waals surface area contributed by atoms with Crippen molar-refractivity contribution in [2.24, 2.45) is 0 Å². The largest absolute Gasteiger partial charge is 0.281 e. The number of aromatic amines is 1. The molecule has 0 bridgehead atoms. The maximum absolute atomic E-state index is 13.3. The summed E-state index contributed by atoms with van der Waals surface area (Å²) in [5.74, 6) is -0.188. The van der Waals surface area contributed by atoms with E-state index in [1.807, 2.05) is 18.2 Å². The summed E-state index contributed by atoms with van der Waals surface area (Å²) in [4.78, 5) is 0. The molecule has 0 aliphatic heterocycles. The average molecular weight is 334 g/mol. The Hall–Kier alpha value is -2.42. The molecule has 1 saturated carbocycles. The molecule has 2 nitrogen and oxygen atoms in total. The first-order chi connectivity index (χ1) is 11.9. The van der Waals surface area contributed by atoms with Gasteiger partial charge in [0.05, 0.1) is 5.69 Å². The molecule has 3 aromatic rings. The third-order valence-corrected chi connectivity index (χ3v) is 5.72. The molecule has 1 aliphatic carbocycles. The Morgan fingerprint density at radius 2 is 1.64 bits per heavy atom. The number of hydrogen-bond donors (Lipinski definition) is 1. The molecule has 3 heteroatoms. The molecule has 0 radical (unpaired) electrons. The van der Waals surface area contributed by atoms with Gasteiger partial charge in [-0.25, -0.2) is 4.39 Å². The smallest absolute Gasteiger partial charge is 0.123 e. The summed E-state index contributed by atoms with van der Waals surface area (Å²) in [7, 11) is 0. The molecule has 1 aliphatic rings. The number of rotatable bonds is 4. The predicted molar refractivity (Wildman–Crippen MR) is 98.3 cm³/mol. The van der Waals surface area contributed by atoms with Crippen LogP contribution >= 0.6 is 0 Å². The number of benzene rings is 2. The first-order valence-corrected chi connectivity index (χ1v) is 8.83. The zero-order valence-electron chi connectivity index (χ0n) is 14.9. The van der Waals surface area contributed by atoms with E-state index < -0.39 is 0 Å². The Bertz CT molecular complexity index is 888. The van der Waals surface area contributed by atoms with Gasteiger partial charge in [0.25, 0.3) is 0 Å². The second-order valence-corrected chi connectivity index (χ2v) is 7.65. The van der Waals surface area contributed by atoms with E-state index in [9.17, 15) is 4.39 Å². The van der Waals surface area contributed by atoms with Gasteiger partial charge in [-0.3, -0.25) is 5.10 Å². The molecule has 1 aromatic heterocycles. The maximum atomic E-state index is 13.3. The van der Waals surface area contributed by atoms with Crippen molar-refractivity contribution in [1.82, 2.24) is 10.2 Å². The van der Waals surface area contributed by atoms with Gasteiger partial charge >= 0.3 is 0 Å². The van der Waals surface area contributed by atoms with E-state index in [2.05, 4.69) is 50.1 Å². The number of aromatic nitrogens is 2. The molecule has 128 valence electrons. The summed E-state index contributed by atoms with van der Waals surface area (Å²) in [5.41, 5.74) is 5.71. The lowest BCUT2D eigenvalue weighted by Gasteiger charge is -2.24. The molecule has 4 rings (SSSR count). The monoisotopic (exact) mass is 334 g/mol. The van der Waals surface area contributed by atoms with Gasteiger partial charge < -0.3 is 0 Å². The van der Waals surface area contributed by atoms with Crippen LogP contribution < -0.4 is 0 Å². The van der Waals surface area contributed by atoms with Gasteiger partial charge in [0, 0.05) is 16.5 Å². The Morgan fingerprint density at radius 1 is 1.00 bits per heavy atom. The standard InChI is InChI=1S/C22H23FN2/c1-15-19(21(2,3)16-7-5-4-6-8-16)24-25-20(15)22(13-14-22)17-9-11-18(23)12-10-17/h4-12H,13-14H2,1-3H3,(H,24,25). The van der Waals surface area contributed by atoms with Crippen molar-refractivity contribution in [2.75, 3.05) is 0 Å². The van der Waals surface area contributed by atoms with Crippen LogP contribution in [-0.2, 0) is 10.8 Å². The molecule has 0 spiro atoms. The van der Waals surface area contributed by atoms with Crippen LogP contribution in [0.15, 0.2) is 54.6 Å². The minimum absolute atomic E-state index is 0.0319. The van der Waals surface area contributed by atoms with E-state index in [4.69, 9.17) is 5.10 Å². The molecule has 0 saturated heterocycles. The van der Waals surface area contributed by atoms with Crippen LogP contribution in [0.1, 0.15) is 54.8 Å². The summed E-state index contributed by atoms with van der Waals surface area (Å²) < 4.78 is 13.3. The molecule has 0 amide bonds. The quantitative estimate of drug-likeness (QED) is 0.692. The SMILES string of the molecule is Cc1c(C(C)(C)c2ccccc2)n[nH]c1C1(c2ccc(F)cc2)CC1. The second kappa shape index (κ2) is 5.55. The molecule has 2 aromatic carbocycles. The summed E-state index contributed by atoms with van der Waals surface area (Å²) >= 11 is 0. The van der Waals surface area contributed by atoms with Crippen LogP contribution in [0.25, 0.3) is 0 Å². The highest BCUT2D eigenvalue weighted by atomic mass is 19.1. The van der Waals surface area contributed by atoms with Gasteiger partial charge in [-0.15, -0.1) is 0 Å². The number of hydrogen-bond acceptors (Lipinski definition) is 1. The average Bonchev–Trinajstić information content (AvgIpc) is 3.32. The summed E-state index contributed by atoms with van der Waals surface area (Å²) in [6.07, 6.45) is 2.15. The van der Waals surface area contributed by atoms with Gasteiger partial charge in [0.15, 0.2) is 0 Å². The Balaban J connectivity index is 1.76. The fraction of sp³-hybridized carbons (Fsp3) is 0.318. The zero-order valence-corrected chi connectivity index (χ0v) is 14.9. The van der Waals surface area contributed by atoms with Crippen molar-refractivity contribution in [3.8, 4) is 0 Å². The van der Waals surface area contributed by atoms with Crippen molar-refractivity contribution in [3.63, 3.8) is 0 Å². The number of nitrogens with one attached hydrogen (secondary N) is 1. The molecule has 1 heterocycles. The zero-order chi connectivity index (χ0) is 17.7. The van der Waals surface area contributed by atoms with Crippen molar-refractivity contribution >= 4 is 0 Å². The van der Waals surface area contributed by atoms with Crippen molar-refractivity contribution in [2.45, 2.75) is 44.4 Å². The highest BCUT2D eigenvalue weighted by molar-refractivity contribution is 5.49. The number of H-pyrrole nitrogens is 1. The molecule has 1 fully saturated rings. The highest BCUT2D eigenvalue weighted by Gasteiger charge is 2.49. The first-order valence-electron chi connectivity index (χ1n) is 8.83. The topological polar surface area (TPSA) is 28.7 Å². The second-order valence-electron chi connectivity index (χ2n) is 7.65. The predicted octanol–water partition coefficient (Wildman–Crippen LogP) is 5.26. The minimum atomic E-state index is -0.188. The summed E-state index contributed by atoms with van der Waals surface area (Å²) in [5, 5.41) is 8.04. The molecule has 0 unspecified atom stereocenters. The van der Waals surface area contributed by atoms with Crippen LogP contribution in [0.3, 0.4) is 0 Å². The minimum Gasteiger partial charge on any atom is -0.281 e. The van der Waals surface area contributed by atoms with E-state index >= 15 is 0 Å². The van der Waals surface area contributed by atoms with Crippen LogP contribution in [0.4, 0.5) is 4.39 Å². The normalized spacial score (nSPS) is 16.0. The maximum Gasteiger partial charge on any atom is 0.123 e. The van der Waals surface area contributed by atoms with Crippen LogP contribution in [0.5, 0.6) is 0 Å². The fourth-order valence-electron chi connectivity index (χ4n) is 4.04. The highest BCUT2D eigenvalue weighted by Crippen LogP contribution is 2.54. The van der Waals surface area contributed by atoms with Crippen LogP contribution in [-0.4, -0.2) is 10.2 Å². The van der Waals surface area contributed by atoms with E-state index in [0.717, 1.165) is 18.5 Å².